The van der Waals surface area contributed by atoms with E-state index in [0.717, 1.165) is 30.4 Å². The first-order chi connectivity index (χ1) is 18.0. The fourth-order valence-electron chi connectivity index (χ4n) is 3.66. The minimum absolute atomic E-state index is 0.0226. The Morgan fingerprint density at radius 1 is 0.676 bits per heavy atom. The van der Waals surface area contributed by atoms with Crippen LogP contribution >= 0.6 is 0 Å². The summed E-state index contributed by atoms with van der Waals surface area (Å²) in [4.78, 5) is 39.6. The van der Waals surface area contributed by atoms with Gasteiger partial charge in [-0.2, -0.15) is 0 Å². The highest BCUT2D eigenvalue weighted by molar-refractivity contribution is 5.49. The molecular formula is C31H31N3O3. The van der Waals surface area contributed by atoms with Gasteiger partial charge in [0.1, 0.15) is 0 Å². The number of allylic oxidation sites excluding steroid dienone is 9. The highest BCUT2D eigenvalue weighted by Crippen LogP contribution is 2.02. The van der Waals surface area contributed by atoms with Gasteiger partial charge in [0.15, 0.2) is 0 Å². The average molecular weight is 494 g/mol. The maximum Gasteiger partial charge on any atom is 0.336 e. The Hall–Kier alpha value is -4.71. The third kappa shape index (κ3) is 7.64. The molecule has 0 aliphatic rings. The molecule has 0 spiro atoms. The molecule has 0 saturated heterocycles. The standard InChI is InChI=1S/C31H31N3O3/c1-3-14-26(15-4-2)20-11-23-32-29(35)33(24-12-21-27-16-7-5-8-17-27)31(37)34(30(32)36)25-13-22-28-18-9-6-10-19-28/h3-22H,1,23-25H2,2H3/b15-4-,20-11+,21-12+,22-13+,26-14+. The van der Waals surface area contributed by atoms with Crippen molar-refractivity contribution in [2.24, 2.45) is 0 Å². The third-order valence-corrected chi connectivity index (χ3v) is 5.45. The molecule has 0 unspecified atom stereocenters. The largest absolute Gasteiger partial charge is 0.336 e. The monoisotopic (exact) mass is 493 g/mol. The van der Waals surface area contributed by atoms with Gasteiger partial charge in [0.05, 0.1) is 19.6 Å². The van der Waals surface area contributed by atoms with Gasteiger partial charge in [-0.25, -0.2) is 28.1 Å². The molecule has 3 rings (SSSR count). The molecule has 0 saturated carbocycles. The smallest absolute Gasteiger partial charge is 0.247 e. The summed E-state index contributed by atoms with van der Waals surface area (Å²) in [5.74, 6) is 0. The molecule has 0 aliphatic heterocycles. The average Bonchev–Trinajstić information content (AvgIpc) is 2.91. The van der Waals surface area contributed by atoms with Crippen molar-refractivity contribution in [2.45, 2.75) is 26.6 Å². The van der Waals surface area contributed by atoms with Crippen LogP contribution in [0.25, 0.3) is 12.2 Å². The van der Waals surface area contributed by atoms with Gasteiger partial charge >= 0.3 is 17.1 Å². The van der Waals surface area contributed by atoms with Crippen molar-refractivity contribution >= 4 is 12.2 Å². The Bertz CT molecular complexity index is 1420. The van der Waals surface area contributed by atoms with Crippen LogP contribution in [0.5, 0.6) is 0 Å². The molecule has 188 valence electrons. The summed E-state index contributed by atoms with van der Waals surface area (Å²) in [6, 6.07) is 19.2. The van der Waals surface area contributed by atoms with Gasteiger partial charge in [-0.1, -0.05) is 128 Å². The zero-order valence-corrected chi connectivity index (χ0v) is 20.9. The second-order valence-electron chi connectivity index (χ2n) is 8.11. The van der Waals surface area contributed by atoms with Crippen LogP contribution in [0.15, 0.2) is 136 Å². The van der Waals surface area contributed by atoms with Crippen LogP contribution in [-0.2, 0) is 19.6 Å². The summed E-state index contributed by atoms with van der Waals surface area (Å²) in [6.07, 6.45) is 17.9. The van der Waals surface area contributed by atoms with E-state index in [1.54, 1.807) is 30.4 Å². The highest BCUT2D eigenvalue weighted by Gasteiger charge is 2.13. The van der Waals surface area contributed by atoms with Crippen molar-refractivity contribution in [1.29, 1.82) is 0 Å². The summed E-state index contributed by atoms with van der Waals surface area (Å²) in [5.41, 5.74) is 0.816. The third-order valence-electron chi connectivity index (χ3n) is 5.45. The first-order valence-corrected chi connectivity index (χ1v) is 12.0. The normalized spacial score (nSPS) is 12.4. The summed E-state index contributed by atoms with van der Waals surface area (Å²) in [5, 5.41) is 0. The van der Waals surface area contributed by atoms with E-state index < -0.39 is 17.1 Å². The van der Waals surface area contributed by atoms with Crippen LogP contribution in [0, 0.1) is 0 Å². The number of rotatable bonds is 11. The van der Waals surface area contributed by atoms with E-state index in [4.69, 9.17) is 0 Å². The Kier molecular flexibility index (Phi) is 10.2. The van der Waals surface area contributed by atoms with Crippen molar-refractivity contribution in [1.82, 2.24) is 13.7 Å². The molecule has 1 aromatic heterocycles. The zero-order chi connectivity index (χ0) is 26.5. The molecule has 1 heterocycles. The molecule has 37 heavy (non-hydrogen) atoms. The van der Waals surface area contributed by atoms with Gasteiger partial charge in [-0.3, -0.25) is 0 Å². The molecule has 0 amide bonds. The minimum Gasteiger partial charge on any atom is -0.247 e. The van der Waals surface area contributed by atoms with Crippen molar-refractivity contribution in [3.8, 4) is 0 Å². The maximum atomic E-state index is 13.2. The van der Waals surface area contributed by atoms with E-state index in [9.17, 15) is 14.4 Å². The molecule has 2 aromatic carbocycles. The lowest BCUT2D eigenvalue weighted by Crippen LogP contribution is -2.54. The highest BCUT2D eigenvalue weighted by atomic mass is 16.2. The van der Waals surface area contributed by atoms with Crippen LogP contribution in [0.2, 0.25) is 0 Å². The lowest BCUT2D eigenvalue weighted by atomic mass is 10.2. The molecule has 0 aliphatic carbocycles. The van der Waals surface area contributed by atoms with Crippen LogP contribution in [-0.4, -0.2) is 13.7 Å². The van der Waals surface area contributed by atoms with Crippen LogP contribution < -0.4 is 17.1 Å². The number of nitrogens with zero attached hydrogens (tertiary/aromatic N) is 3. The SMILES string of the molecule is C=C/C=C(\C=C/C)/C=C/Cn1c(=O)n(C/C=C/c2ccccc2)c(=O)n(C/C=C/c2ccccc2)c1=O. The summed E-state index contributed by atoms with van der Waals surface area (Å²) in [7, 11) is 0. The quantitative estimate of drug-likeness (QED) is 0.359. The molecular weight excluding hydrogens is 462 g/mol. The first-order valence-electron chi connectivity index (χ1n) is 12.0. The van der Waals surface area contributed by atoms with Gasteiger partial charge in [0.25, 0.3) is 0 Å². The molecule has 0 bridgehead atoms. The van der Waals surface area contributed by atoms with Gasteiger partial charge in [0, 0.05) is 0 Å². The molecule has 0 atom stereocenters. The predicted octanol–water partition coefficient (Wildman–Crippen LogP) is 4.84. The van der Waals surface area contributed by atoms with E-state index in [2.05, 4.69) is 6.58 Å². The van der Waals surface area contributed by atoms with Crippen LogP contribution in [0.3, 0.4) is 0 Å². The summed E-state index contributed by atoms with van der Waals surface area (Å²) >= 11 is 0. The van der Waals surface area contributed by atoms with E-state index in [0.29, 0.717) is 0 Å². The second kappa shape index (κ2) is 14.0. The maximum absolute atomic E-state index is 13.2. The van der Waals surface area contributed by atoms with Crippen LogP contribution in [0.4, 0.5) is 0 Å². The molecule has 0 radical (unpaired) electrons. The van der Waals surface area contributed by atoms with Crippen molar-refractivity contribution in [2.75, 3.05) is 0 Å². The Morgan fingerprint density at radius 3 is 1.51 bits per heavy atom. The molecule has 0 fully saturated rings. The topological polar surface area (TPSA) is 66.0 Å². The van der Waals surface area contributed by atoms with E-state index in [1.807, 2.05) is 98.0 Å². The van der Waals surface area contributed by atoms with Crippen molar-refractivity contribution in [3.63, 3.8) is 0 Å². The van der Waals surface area contributed by atoms with Crippen molar-refractivity contribution in [3.05, 3.63) is 164 Å². The molecule has 6 heteroatoms. The van der Waals surface area contributed by atoms with E-state index in [1.165, 1.54) is 0 Å². The summed E-state index contributed by atoms with van der Waals surface area (Å²) < 4.78 is 3.24. The number of benzene rings is 2. The fourth-order valence-corrected chi connectivity index (χ4v) is 3.66. The first kappa shape index (κ1) is 26.9. The molecule has 0 N–H and O–H groups in total. The lowest BCUT2D eigenvalue weighted by molar-refractivity contribution is 0.502. The fraction of sp³-hybridized carbons (Fsp3) is 0.129. The van der Waals surface area contributed by atoms with Crippen LogP contribution in [0.1, 0.15) is 18.1 Å². The Balaban J connectivity index is 1.99. The number of hydrogen-bond acceptors (Lipinski definition) is 3. The molecule has 3 aromatic rings. The minimum atomic E-state index is -0.652. The zero-order valence-electron chi connectivity index (χ0n) is 20.9. The number of hydrogen-bond donors (Lipinski definition) is 0. The Morgan fingerprint density at radius 2 is 1.11 bits per heavy atom. The predicted molar refractivity (Wildman–Crippen MR) is 152 cm³/mol. The van der Waals surface area contributed by atoms with Gasteiger partial charge in [-0.15, -0.1) is 0 Å². The van der Waals surface area contributed by atoms with Gasteiger partial charge in [0.2, 0.25) is 0 Å². The molecule has 6 nitrogen and oxygen atoms in total. The Labute approximate surface area is 216 Å². The van der Waals surface area contributed by atoms with Gasteiger partial charge in [-0.05, 0) is 23.6 Å². The van der Waals surface area contributed by atoms with Gasteiger partial charge < -0.3 is 0 Å². The number of aromatic nitrogens is 3. The summed E-state index contributed by atoms with van der Waals surface area (Å²) in [6.45, 7) is 5.71. The van der Waals surface area contributed by atoms with E-state index in [-0.39, 0.29) is 19.6 Å². The lowest BCUT2D eigenvalue weighted by Gasteiger charge is -2.11. The van der Waals surface area contributed by atoms with Crippen molar-refractivity contribution < 1.29 is 0 Å². The second-order valence-corrected chi connectivity index (χ2v) is 8.11. The van der Waals surface area contributed by atoms with E-state index >= 15 is 0 Å².